The van der Waals surface area contributed by atoms with Crippen LogP contribution in [0.5, 0.6) is 5.75 Å². The fourth-order valence-corrected chi connectivity index (χ4v) is 3.04. The van der Waals surface area contributed by atoms with Crippen LogP contribution in [-0.2, 0) is 9.31 Å². The number of halogens is 3. The Morgan fingerprint density at radius 1 is 1.18 bits per heavy atom. The quantitative estimate of drug-likeness (QED) is 0.844. The Balaban J connectivity index is 2.05. The van der Waals surface area contributed by atoms with E-state index in [-0.39, 0.29) is 17.2 Å². The van der Waals surface area contributed by atoms with Crippen molar-refractivity contribution in [2.75, 3.05) is 0 Å². The topological polar surface area (TPSA) is 38.7 Å². The van der Waals surface area contributed by atoms with E-state index in [1.165, 1.54) is 12.1 Å². The normalized spacial score (nSPS) is 28.0. The van der Waals surface area contributed by atoms with Crippen molar-refractivity contribution in [2.45, 2.75) is 57.2 Å². The van der Waals surface area contributed by atoms with Crippen LogP contribution in [0, 0.1) is 0 Å². The second-order valence-corrected chi connectivity index (χ2v) is 7.44. The van der Waals surface area contributed by atoms with Gasteiger partial charge in [-0.05, 0) is 50.9 Å². The lowest BCUT2D eigenvalue weighted by atomic mass is 9.74. The van der Waals surface area contributed by atoms with E-state index < -0.39 is 30.2 Å². The molecule has 2 fully saturated rings. The van der Waals surface area contributed by atoms with Crippen molar-refractivity contribution >= 4 is 24.2 Å². The SMILES string of the molecule is CC1(C)OB(c2cc(O)cc(Cl)c2C2CC2(F)F)OC1(C)C. The van der Waals surface area contributed by atoms with Crippen LogP contribution in [0.4, 0.5) is 8.78 Å². The van der Waals surface area contributed by atoms with E-state index >= 15 is 0 Å². The molecular weight excluding hydrogens is 312 g/mol. The van der Waals surface area contributed by atoms with Gasteiger partial charge in [-0.1, -0.05) is 11.6 Å². The minimum Gasteiger partial charge on any atom is -0.508 e. The highest BCUT2D eigenvalue weighted by Gasteiger charge is 2.61. The minimum atomic E-state index is -2.76. The highest BCUT2D eigenvalue weighted by Crippen LogP contribution is 2.57. The lowest BCUT2D eigenvalue weighted by Crippen LogP contribution is -2.41. The first kappa shape index (κ1) is 16.0. The van der Waals surface area contributed by atoms with Crippen LogP contribution in [0.2, 0.25) is 5.02 Å². The van der Waals surface area contributed by atoms with Crippen molar-refractivity contribution < 1.29 is 23.2 Å². The summed E-state index contributed by atoms with van der Waals surface area (Å²) in [6.45, 7) is 7.51. The standard InChI is InChI=1S/C15H18BClF2O3/c1-13(2)14(3,4)22-16(21-13)10-5-8(20)6-11(17)12(10)9-7-15(9,18)19/h5-6,9,20H,7H2,1-4H3. The molecule has 1 aromatic rings. The third-order valence-corrected chi connectivity index (χ3v) is 5.14. The number of alkyl halides is 2. The van der Waals surface area contributed by atoms with Gasteiger partial charge in [0.1, 0.15) is 5.75 Å². The smallest absolute Gasteiger partial charge is 0.495 e. The summed E-state index contributed by atoms with van der Waals surface area (Å²) in [6, 6.07) is 2.68. The summed E-state index contributed by atoms with van der Waals surface area (Å²) < 4.78 is 38.9. The Bertz CT molecular complexity index is 617. The van der Waals surface area contributed by atoms with Gasteiger partial charge in [-0.3, -0.25) is 0 Å². The lowest BCUT2D eigenvalue weighted by Gasteiger charge is -2.32. The molecule has 0 aromatic heterocycles. The highest BCUT2D eigenvalue weighted by molar-refractivity contribution is 6.63. The molecule has 0 radical (unpaired) electrons. The van der Waals surface area contributed by atoms with E-state index in [0.29, 0.717) is 11.0 Å². The van der Waals surface area contributed by atoms with Crippen molar-refractivity contribution in [3.05, 3.63) is 22.7 Å². The molecule has 1 unspecified atom stereocenters. The lowest BCUT2D eigenvalue weighted by molar-refractivity contribution is 0.00578. The number of phenolic OH excluding ortho intramolecular Hbond substituents is 1. The summed E-state index contributed by atoms with van der Waals surface area (Å²) in [7, 11) is -0.832. The Kier molecular flexibility index (Phi) is 3.34. The van der Waals surface area contributed by atoms with Gasteiger partial charge in [-0.15, -0.1) is 0 Å². The molecule has 120 valence electrons. The molecule has 2 aliphatic rings. The molecule has 7 heteroatoms. The summed E-state index contributed by atoms with van der Waals surface area (Å²) in [5.74, 6) is -3.81. The van der Waals surface area contributed by atoms with Crippen molar-refractivity contribution in [1.82, 2.24) is 0 Å². The van der Waals surface area contributed by atoms with Crippen molar-refractivity contribution in [2.24, 2.45) is 0 Å². The zero-order valence-corrected chi connectivity index (χ0v) is 13.7. The summed E-state index contributed by atoms with van der Waals surface area (Å²) >= 11 is 6.11. The number of hydrogen-bond acceptors (Lipinski definition) is 3. The van der Waals surface area contributed by atoms with Crippen molar-refractivity contribution in [1.29, 1.82) is 0 Å². The summed E-state index contributed by atoms with van der Waals surface area (Å²) in [5, 5.41) is 9.91. The van der Waals surface area contributed by atoms with Gasteiger partial charge in [0, 0.05) is 11.4 Å². The Hall–Kier alpha value is -0.845. The Morgan fingerprint density at radius 2 is 1.68 bits per heavy atom. The van der Waals surface area contributed by atoms with Gasteiger partial charge in [0.25, 0.3) is 5.92 Å². The van der Waals surface area contributed by atoms with E-state index in [4.69, 9.17) is 20.9 Å². The predicted molar refractivity (Wildman–Crippen MR) is 81.1 cm³/mol. The van der Waals surface area contributed by atoms with Crippen LogP contribution in [0.15, 0.2) is 12.1 Å². The maximum atomic E-state index is 13.5. The molecule has 1 heterocycles. The van der Waals surface area contributed by atoms with Crippen molar-refractivity contribution in [3.63, 3.8) is 0 Å². The number of phenols is 1. The monoisotopic (exact) mass is 330 g/mol. The molecular formula is C15H18BClF2O3. The first-order valence-electron chi connectivity index (χ1n) is 7.20. The van der Waals surface area contributed by atoms with E-state index in [1.807, 2.05) is 27.7 Å². The molecule has 1 aliphatic heterocycles. The molecule has 1 saturated carbocycles. The molecule has 1 N–H and O–H groups in total. The third kappa shape index (κ3) is 2.41. The Morgan fingerprint density at radius 3 is 2.14 bits per heavy atom. The van der Waals surface area contributed by atoms with Crippen LogP contribution in [0.3, 0.4) is 0 Å². The maximum Gasteiger partial charge on any atom is 0.495 e. The van der Waals surface area contributed by atoms with Crippen LogP contribution >= 0.6 is 11.6 Å². The highest BCUT2D eigenvalue weighted by atomic mass is 35.5. The van der Waals surface area contributed by atoms with Crippen LogP contribution < -0.4 is 5.46 Å². The maximum absolute atomic E-state index is 13.5. The van der Waals surface area contributed by atoms with Gasteiger partial charge in [0.05, 0.1) is 17.1 Å². The zero-order valence-electron chi connectivity index (χ0n) is 12.9. The van der Waals surface area contributed by atoms with E-state index in [0.717, 1.165) is 0 Å². The number of rotatable bonds is 2. The van der Waals surface area contributed by atoms with E-state index in [9.17, 15) is 13.9 Å². The zero-order chi connectivity index (χ0) is 16.5. The van der Waals surface area contributed by atoms with Crippen LogP contribution in [0.25, 0.3) is 0 Å². The molecule has 1 saturated heterocycles. The predicted octanol–water partition coefficient (Wildman–Crippen LogP) is 3.47. The van der Waals surface area contributed by atoms with Gasteiger partial charge in [-0.2, -0.15) is 0 Å². The summed E-state index contributed by atoms with van der Waals surface area (Å²) in [5.41, 5.74) is -0.508. The van der Waals surface area contributed by atoms with Crippen LogP contribution in [-0.4, -0.2) is 29.3 Å². The molecule has 3 rings (SSSR count). The fraction of sp³-hybridized carbons (Fsp3) is 0.600. The first-order chi connectivity index (χ1) is 9.95. The van der Waals surface area contributed by atoms with E-state index in [1.54, 1.807) is 0 Å². The molecule has 1 atom stereocenters. The number of hydrogen-bond donors (Lipinski definition) is 1. The number of aromatic hydroxyl groups is 1. The largest absolute Gasteiger partial charge is 0.508 e. The van der Waals surface area contributed by atoms with Gasteiger partial charge >= 0.3 is 7.12 Å². The molecule has 0 bridgehead atoms. The first-order valence-corrected chi connectivity index (χ1v) is 7.58. The average molecular weight is 331 g/mol. The van der Waals surface area contributed by atoms with Gasteiger partial charge < -0.3 is 14.4 Å². The molecule has 0 spiro atoms. The Labute approximate surface area is 133 Å². The minimum absolute atomic E-state index is 0.0950. The van der Waals surface area contributed by atoms with E-state index in [2.05, 4.69) is 0 Å². The van der Waals surface area contributed by atoms with Crippen molar-refractivity contribution in [3.8, 4) is 5.75 Å². The molecule has 1 aromatic carbocycles. The molecule has 22 heavy (non-hydrogen) atoms. The average Bonchev–Trinajstić information content (AvgIpc) is 2.87. The third-order valence-electron chi connectivity index (χ3n) is 4.83. The summed E-state index contributed by atoms with van der Waals surface area (Å²) in [4.78, 5) is 0. The van der Waals surface area contributed by atoms with Crippen LogP contribution in [0.1, 0.15) is 45.6 Å². The molecule has 3 nitrogen and oxygen atoms in total. The molecule has 0 amide bonds. The molecule has 1 aliphatic carbocycles. The summed E-state index contributed by atoms with van der Waals surface area (Å²) in [6.07, 6.45) is -0.246. The van der Waals surface area contributed by atoms with Gasteiger partial charge in [-0.25, -0.2) is 8.78 Å². The fourth-order valence-electron chi connectivity index (χ4n) is 2.68. The van der Waals surface area contributed by atoms with Gasteiger partial charge in [0.15, 0.2) is 0 Å². The number of benzene rings is 1. The second-order valence-electron chi connectivity index (χ2n) is 7.04. The van der Waals surface area contributed by atoms with Gasteiger partial charge in [0.2, 0.25) is 0 Å². The second kappa shape index (κ2) is 4.59.